The quantitative estimate of drug-likeness (QED) is 0.673. The van der Waals surface area contributed by atoms with E-state index in [1.54, 1.807) is 4.90 Å². The lowest BCUT2D eigenvalue weighted by Crippen LogP contribution is -2.49. The van der Waals surface area contributed by atoms with Crippen LogP contribution in [0, 0.1) is 0 Å². The Morgan fingerprint density at radius 1 is 1.24 bits per heavy atom. The van der Waals surface area contributed by atoms with E-state index in [1.807, 2.05) is 13.8 Å². The maximum Gasteiger partial charge on any atom is 0.325 e. The molecule has 0 rings (SSSR count). The van der Waals surface area contributed by atoms with E-state index in [1.165, 1.54) is 6.92 Å². The van der Waals surface area contributed by atoms with E-state index in [0.29, 0.717) is 6.54 Å². The van der Waals surface area contributed by atoms with E-state index in [4.69, 9.17) is 5.11 Å². The second-order valence-corrected chi connectivity index (χ2v) is 4.50. The Bertz CT molecular complexity index is 254. The summed E-state index contributed by atoms with van der Waals surface area (Å²) in [5.41, 5.74) is 0. The summed E-state index contributed by atoms with van der Waals surface area (Å²) in [5, 5.41) is 11.2. The zero-order chi connectivity index (χ0) is 13.4. The molecule has 0 aromatic carbocycles. The number of carboxylic acid groups (broad SMARTS) is 1. The molecule has 5 nitrogen and oxygen atoms in total. The molecule has 0 saturated heterocycles. The van der Waals surface area contributed by atoms with Crippen molar-refractivity contribution in [3.05, 3.63) is 0 Å². The van der Waals surface area contributed by atoms with Crippen LogP contribution in [0.4, 0.5) is 4.79 Å². The topological polar surface area (TPSA) is 69.6 Å². The molecular weight excluding hydrogens is 220 g/mol. The van der Waals surface area contributed by atoms with Crippen LogP contribution in [0.5, 0.6) is 0 Å². The molecule has 0 fully saturated rings. The van der Waals surface area contributed by atoms with E-state index in [2.05, 4.69) is 12.2 Å². The summed E-state index contributed by atoms with van der Waals surface area (Å²) in [6, 6.07) is -1.08. The second kappa shape index (κ2) is 7.92. The van der Waals surface area contributed by atoms with Gasteiger partial charge in [-0.15, -0.1) is 0 Å². The highest BCUT2D eigenvalue weighted by molar-refractivity contribution is 5.82. The number of hydrogen-bond acceptors (Lipinski definition) is 2. The van der Waals surface area contributed by atoms with Crippen LogP contribution in [-0.2, 0) is 4.79 Å². The van der Waals surface area contributed by atoms with E-state index in [-0.39, 0.29) is 12.1 Å². The fraction of sp³-hybridized carbons (Fsp3) is 0.833. The van der Waals surface area contributed by atoms with Gasteiger partial charge in [0.15, 0.2) is 0 Å². The number of unbranched alkanes of at least 4 members (excludes halogenated alkanes) is 2. The van der Waals surface area contributed by atoms with Gasteiger partial charge in [0.2, 0.25) is 0 Å². The maximum atomic E-state index is 11.8. The first-order valence-corrected chi connectivity index (χ1v) is 6.20. The molecule has 0 aliphatic heterocycles. The first-order valence-electron chi connectivity index (χ1n) is 6.20. The van der Waals surface area contributed by atoms with Crippen LogP contribution in [0.15, 0.2) is 0 Å². The fourth-order valence-electron chi connectivity index (χ4n) is 1.46. The minimum atomic E-state index is -1.02. The summed E-state index contributed by atoms with van der Waals surface area (Å²) in [5.74, 6) is -1.02. The van der Waals surface area contributed by atoms with Gasteiger partial charge in [-0.05, 0) is 27.2 Å². The van der Waals surface area contributed by atoms with Crippen molar-refractivity contribution in [3.63, 3.8) is 0 Å². The van der Waals surface area contributed by atoms with Crippen molar-refractivity contribution in [3.8, 4) is 0 Å². The number of rotatable bonds is 7. The molecule has 0 aromatic rings. The molecule has 0 unspecified atom stereocenters. The van der Waals surface area contributed by atoms with Crippen LogP contribution < -0.4 is 5.32 Å². The normalized spacial score (nSPS) is 12.3. The summed E-state index contributed by atoms with van der Waals surface area (Å²) in [6.07, 6.45) is 3.12. The van der Waals surface area contributed by atoms with Crippen molar-refractivity contribution in [2.24, 2.45) is 0 Å². The van der Waals surface area contributed by atoms with Gasteiger partial charge in [0, 0.05) is 12.6 Å². The Morgan fingerprint density at radius 2 is 1.82 bits per heavy atom. The molecule has 2 N–H and O–H groups in total. The Balaban J connectivity index is 4.29. The zero-order valence-corrected chi connectivity index (χ0v) is 11.2. The van der Waals surface area contributed by atoms with E-state index in [0.717, 1.165) is 19.3 Å². The van der Waals surface area contributed by atoms with Gasteiger partial charge < -0.3 is 15.3 Å². The Labute approximate surface area is 103 Å². The van der Waals surface area contributed by atoms with Crippen molar-refractivity contribution in [1.29, 1.82) is 0 Å². The number of nitrogens with zero attached hydrogens (tertiary/aromatic N) is 1. The average molecular weight is 244 g/mol. The first-order chi connectivity index (χ1) is 7.90. The molecule has 5 heteroatoms. The lowest BCUT2D eigenvalue weighted by Gasteiger charge is -2.27. The Hall–Kier alpha value is -1.26. The predicted molar refractivity (Wildman–Crippen MR) is 67.0 cm³/mol. The second-order valence-electron chi connectivity index (χ2n) is 4.50. The lowest BCUT2D eigenvalue weighted by molar-refractivity contribution is -0.138. The maximum absolute atomic E-state index is 11.8. The van der Waals surface area contributed by atoms with E-state index >= 15 is 0 Å². The van der Waals surface area contributed by atoms with Crippen LogP contribution in [-0.4, -0.2) is 40.6 Å². The van der Waals surface area contributed by atoms with Gasteiger partial charge in [-0.1, -0.05) is 19.8 Å². The molecule has 1 atom stereocenters. The van der Waals surface area contributed by atoms with Gasteiger partial charge in [0.25, 0.3) is 0 Å². The molecule has 0 saturated carbocycles. The highest BCUT2D eigenvalue weighted by Gasteiger charge is 2.20. The van der Waals surface area contributed by atoms with Crippen molar-refractivity contribution >= 4 is 12.0 Å². The summed E-state index contributed by atoms with van der Waals surface area (Å²) < 4.78 is 0. The van der Waals surface area contributed by atoms with Crippen LogP contribution in [0.3, 0.4) is 0 Å². The summed E-state index contributed by atoms with van der Waals surface area (Å²) in [6.45, 7) is 8.09. The van der Waals surface area contributed by atoms with Crippen LogP contribution in [0.25, 0.3) is 0 Å². The number of carboxylic acids is 1. The van der Waals surface area contributed by atoms with Crippen molar-refractivity contribution in [2.75, 3.05) is 6.54 Å². The number of nitrogens with one attached hydrogen (secondary N) is 1. The SMILES string of the molecule is CCCCCN(C(=O)N[C@H](C)C(=O)O)C(C)C. The number of carbonyl (C=O) groups is 2. The third-order valence-corrected chi connectivity index (χ3v) is 2.60. The molecule has 0 heterocycles. The number of aliphatic carboxylic acids is 1. The molecule has 0 radical (unpaired) electrons. The van der Waals surface area contributed by atoms with Crippen LogP contribution >= 0.6 is 0 Å². The molecule has 17 heavy (non-hydrogen) atoms. The van der Waals surface area contributed by atoms with Gasteiger partial charge in [-0.25, -0.2) is 4.79 Å². The predicted octanol–water partition coefficient (Wildman–Crippen LogP) is 2.07. The summed E-state index contributed by atoms with van der Waals surface area (Å²) >= 11 is 0. The smallest absolute Gasteiger partial charge is 0.325 e. The first kappa shape index (κ1) is 15.7. The number of amides is 2. The van der Waals surface area contributed by atoms with Gasteiger partial charge in [0.1, 0.15) is 6.04 Å². The molecular formula is C12H24N2O3. The third kappa shape index (κ3) is 6.14. The van der Waals surface area contributed by atoms with Gasteiger partial charge in [0.05, 0.1) is 0 Å². The van der Waals surface area contributed by atoms with Gasteiger partial charge in [-0.3, -0.25) is 4.79 Å². The third-order valence-electron chi connectivity index (χ3n) is 2.60. The van der Waals surface area contributed by atoms with Gasteiger partial charge in [-0.2, -0.15) is 0 Å². The highest BCUT2D eigenvalue weighted by Crippen LogP contribution is 2.04. The van der Waals surface area contributed by atoms with Crippen LogP contribution in [0.1, 0.15) is 47.0 Å². The minimum absolute atomic E-state index is 0.0767. The molecule has 0 bridgehead atoms. The Kier molecular flexibility index (Phi) is 7.34. The summed E-state index contributed by atoms with van der Waals surface area (Å²) in [7, 11) is 0. The zero-order valence-electron chi connectivity index (χ0n) is 11.2. The number of carbonyl (C=O) groups excluding carboxylic acids is 1. The standard InChI is InChI=1S/C12H24N2O3/c1-5-6-7-8-14(9(2)3)12(17)13-10(4)11(15)16/h9-10H,5-8H2,1-4H3,(H,13,17)(H,15,16)/t10-/m1/s1. The highest BCUT2D eigenvalue weighted by atomic mass is 16.4. The number of urea groups is 1. The minimum Gasteiger partial charge on any atom is -0.480 e. The monoisotopic (exact) mass is 244 g/mol. The van der Waals surface area contributed by atoms with E-state index in [9.17, 15) is 9.59 Å². The average Bonchev–Trinajstić information content (AvgIpc) is 2.23. The summed E-state index contributed by atoms with van der Waals surface area (Å²) in [4.78, 5) is 24.2. The molecule has 100 valence electrons. The Morgan fingerprint density at radius 3 is 2.24 bits per heavy atom. The van der Waals surface area contributed by atoms with Crippen molar-refractivity contribution in [2.45, 2.75) is 59.0 Å². The van der Waals surface area contributed by atoms with Crippen molar-refractivity contribution < 1.29 is 14.7 Å². The molecule has 2 amide bonds. The van der Waals surface area contributed by atoms with Crippen LogP contribution in [0.2, 0.25) is 0 Å². The molecule has 0 aromatic heterocycles. The fourth-order valence-corrected chi connectivity index (χ4v) is 1.46. The van der Waals surface area contributed by atoms with Crippen molar-refractivity contribution in [1.82, 2.24) is 10.2 Å². The number of hydrogen-bond donors (Lipinski definition) is 2. The largest absolute Gasteiger partial charge is 0.480 e. The molecule has 0 aliphatic rings. The molecule has 0 aliphatic carbocycles. The lowest BCUT2D eigenvalue weighted by atomic mass is 10.2. The molecule has 0 spiro atoms. The van der Waals surface area contributed by atoms with E-state index < -0.39 is 12.0 Å². The van der Waals surface area contributed by atoms with Gasteiger partial charge >= 0.3 is 12.0 Å².